The van der Waals surface area contributed by atoms with Gasteiger partial charge in [-0.25, -0.2) is 4.79 Å². The first-order valence-electron chi connectivity index (χ1n) is 14.5. The topological polar surface area (TPSA) is 144 Å². The number of H-pyrrole nitrogens is 1. The lowest BCUT2D eigenvalue weighted by Crippen LogP contribution is -2.24. The van der Waals surface area contributed by atoms with E-state index in [1.165, 1.54) is 12.1 Å². The highest BCUT2D eigenvalue weighted by atomic mass is 19.0. The van der Waals surface area contributed by atoms with Crippen molar-refractivity contribution in [3.05, 3.63) is 124 Å². The number of anilines is 1. The zero-order chi connectivity index (χ0) is 30.9. The fraction of sp³-hybridized carbons (Fsp3) is 0.200. The van der Waals surface area contributed by atoms with Crippen molar-refractivity contribution in [3.8, 4) is 22.6 Å². The van der Waals surface area contributed by atoms with Gasteiger partial charge in [0.25, 0.3) is 0 Å². The van der Waals surface area contributed by atoms with Crippen LogP contribution in [0.15, 0.2) is 102 Å². The van der Waals surface area contributed by atoms with Crippen LogP contribution in [0.1, 0.15) is 29.2 Å². The number of halogens is 2. The van der Waals surface area contributed by atoms with Crippen LogP contribution in [-0.2, 0) is 12.8 Å². The number of aromatic nitrogens is 1. The quantitative estimate of drug-likeness (QED) is 0.0851. The molecule has 1 amide bonds. The molecule has 0 aliphatic rings. The van der Waals surface area contributed by atoms with E-state index in [-0.39, 0.29) is 20.7 Å². The number of carbonyl (C=O) groups is 1. The molecule has 0 saturated heterocycles. The van der Waals surface area contributed by atoms with Crippen molar-refractivity contribution in [2.45, 2.75) is 25.4 Å². The highest BCUT2D eigenvalue weighted by Gasteiger charge is 2.14. The van der Waals surface area contributed by atoms with E-state index in [0.29, 0.717) is 41.9 Å². The molecular weight excluding hydrogens is 596 g/mol. The van der Waals surface area contributed by atoms with Crippen molar-refractivity contribution in [2.24, 2.45) is 0 Å². The minimum atomic E-state index is -1.10. The van der Waals surface area contributed by atoms with Gasteiger partial charge < -0.3 is 30.4 Å². The van der Waals surface area contributed by atoms with Crippen LogP contribution in [0.2, 0.25) is 0 Å². The third kappa shape index (κ3) is 9.13. The molecule has 0 unspecified atom stereocenters. The largest absolute Gasteiger partial charge is 0.506 e. The number of pyridine rings is 1. The van der Waals surface area contributed by atoms with Gasteiger partial charge >= 0.3 is 6.09 Å². The number of ether oxygens (including phenoxy) is 1. The zero-order valence-electron chi connectivity index (χ0n) is 24.9. The van der Waals surface area contributed by atoms with Crippen LogP contribution < -0.4 is 20.9 Å². The lowest BCUT2D eigenvalue weighted by Gasteiger charge is -2.15. The number of aromatic hydroxyl groups is 1. The van der Waals surface area contributed by atoms with Crippen LogP contribution in [-0.4, -0.2) is 46.1 Å². The van der Waals surface area contributed by atoms with Gasteiger partial charge in [-0.3, -0.25) is 19.5 Å². The van der Waals surface area contributed by atoms with E-state index in [0.717, 1.165) is 47.3 Å². The number of hydrogen-bond donors (Lipinski definition) is 6. The SMILES string of the molecule is F.F.O=C(O)Nc1cc(CCCOc2cccc(CCNC[C@H](O)c3ccc(O)c4[nH]c(=O)ccc34)c2)ccc1-c1ccccc1. The summed E-state index contributed by atoms with van der Waals surface area (Å²) in [5.74, 6) is 0.739. The molecule has 1 atom stereocenters. The number of phenolic OH excluding ortho intramolecular Hbond substituents is 1. The lowest BCUT2D eigenvalue weighted by molar-refractivity contribution is 0.176. The second-order valence-electron chi connectivity index (χ2n) is 10.5. The molecule has 0 spiro atoms. The second-order valence-corrected chi connectivity index (χ2v) is 10.5. The summed E-state index contributed by atoms with van der Waals surface area (Å²) in [5.41, 5.74) is 5.07. The molecule has 11 heteroatoms. The van der Waals surface area contributed by atoms with Gasteiger partial charge in [0, 0.05) is 23.6 Å². The average molecular weight is 634 g/mol. The summed E-state index contributed by atoms with van der Waals surface area (Å²) < 4.78 is 6.00. The molecule has 0 radical (unpaired) electrons. The van der Waals surface area contributed by atoms with E-state index >= 15 is 0 Å². The minimum Gasteiger partial charge on any atom is -0.506 e. The fourth-order valence-electron chi connectivity index (χ4n) is 5.22. The van der Waals surface area contributed by atoms with E-state index in [2.05, 4.69) is 15.6 Å². The molecule has 4 aromatic carbocycles. The van der Waals surface area contributed by atoms with Gasteiger partial charge in [0.05, 0.1) is 23.9 Å². The van der Waals surface area contributed by atoms with Gasteiger partial charge in [-0.15, -0.1) is 0 Å². The predicted octanol–water partition coefficient (Wildman–Crippen LogP) is 6.17. The number of aliphatic hydroxyl groups excluding tert-OH is 1. The number of nitrogens with one attached hydrogen (secondary N) is 3. The summed E-state index contributed by atoms with van der Waals surface area (Å²) in [4.78, 5) is 25.6. The van der Waals surface area contributed by atoms with E-state index in [9.17, 15) is 24.9 Å². The number of benzene rings is 4. The highest BCUT2D eigenvalue weighted by molar-refractivity contribution is 5.91. The van der Waals surface area contributed by atoms with Crippen LogP contribution in [0.4, 0.5) is 19.9 Å². The number of hydrogen-bond acceptors (Lipinski definition) is 6. The molecule has 6 N–H and O–H groups in total. The molecule has 0 fully saturated rings. The summed E-state index contributed by atoms with van der Waals surface area (Å²) in [5, 5.41) is 36.5. The molecule has 0 bridgehead atoms. The number of aliphatic hydroxyl groups is 1. The van der Waals surface area contributed by atoms with Crippen LogP contribution in [0.5, 0.6) is 11.5 Å². The Morgan fingerprint density at radius 2 is 1.65 bits per heavy atom. The summed E-state index contributed by atoms with van der Waals surface area (Å²) in [6.45, 7) is 1.46. The minimum absolute atomic E-state index is 0. The molecule has 5 aromatic rings. The van der Waals surface area contributed by atoms with Gasteiger partial charge in [0.2, 0.25) is 5.56 Å². The number of rotatable bonds is 13. The number of fused-ring (bicyclic) bond motifs is 1. The molecule has 1 aromatic heterocycles. The van der Waals surface area contributed by atoms with E-state index < -0.39 is 12.2 Å². The van der Waals surface area contributed by atoms with Crippen molar-refractivity contribution in [1.82, 2.24) is 10.3 Å². The third-order valence-electron chi connectivity index (χ3n) is 7.38. The van der Waals surface area contributed by atoms with Crippen molar-refractivity contribution in [3.63, 3.8) is 0 Å². The Balaban J connectivity index is 0.00000288. The first-order chi connectivity index (χ1) is 21.4. The van der Waals surface area contributed by atoms with Crippen LogP contribution in [0, 0.1) is 0 Å². The molecule has 46 heavy (non-hydrogen) atoms. The molecule has 5 rings (SSSR count). The summed E-state index contributed by atoms with van der Waals surface area (Å²) in [6, 6.07) is 29.5. The molecule has 0 aliphatic heterocycles. The van der Waals surface area contributed by atoms with Crippen LogP contribution in [0.25, 0.3) is 22.0 Å². The Morgan fingerprint density at radius 1 is 0.870 bits per heavy atom. The number of aromatic amines is 1. The molecular formula is C35H37F2N3O6. The maximum absolute atomic E-state index is 11.6. The number of amides is 1. The molecule has 0 aliphatic carbocycles. The summed E-state index contributed by atoms with van der Waals surface area (Å²) >= 11 is 0. The standard InChI is InChI=1S/C35H35N3O6.2FH/c39-31-15-13-28(29-14-16-33(41)38-34(29)31)32(40)22-36-18-17-24-6-4-10-26(20-24)44-19-5-7-23-11-12-27(25-8-2-1-3-9-25)30(21-23)37-35(42)43;;/h1-4,6,8-16,20-21,32,36-37,39-40H,5,7,17-19,22H2,(H,38,41)(H,42,43);2*1H/t32-;;/m0../s1. The fourth-order valence-corrected chi connectivity index (χ4v) is 5.22. The number of aryl methyl sites for hydroxylation is 1. The number of carboxylic acid groups (broad SMARTS) is 1. The Bertz CT molecular complexity index is 1800. The first kappa shape index (κ1) is 35.2. The maximum Gasteiger partial charge on any atom is 0.409 e. The Labute approximate surface area is 264 Å². The molecule has 242 valence electrons. The lowest BCUT2D eigenvalue weighted by atomic mass is 10.00. The van der Waals surface area contributed by atoms with Crippen molar-refractivity contribution in [2.75, 3.05) is 25.0 Å². The van der Waals surface area contributed by atoms with Gasteiger partial charge in [0.1, 0.15) is 11.5 Å². The normalized spacial score (nSPS) is 11.2. The second kappa shape index (κ2) is 16.7. The maximum atomic E-state index is 11.6. The van der Waals surface area contributed by atoms with Gasteiger partial charge in [-0.2, -0.15) is 0 Å². The number of phenols is 1. The van der Waals surface area contributed by atoms with E-state index in [4.69, 9.17) is 4.74 Å². The average Bonchev–Trinajstić information content (AvgIpc) is 3.02. The van der Waals surface area contributed by atoms with Crippen LogP contribution in [0.3, 0.4) is 0 Å². The zero-order valence-corrected chi connectivity index (χ0v) is 24.9. The van der Waals surface area contributed by atoms with E-state index in [1.807, 2.05) is 72.8 Å². The van der Waals surface area contributed by atoms with Crippen molar-refractivity contribution < 1.29 is 34.3 Å². The van der Waals surface area contributed by atoms with Crippen molar-refractivity contribution >= 4 is 22.7 Å². The summed E-state index contributed by atoms with van der Waals surface area (Å²) in [7, 11) is 0. The predicted molar refractivity (Wildman–Crippen MR) is 177 cm³/mol. The first-order valence-corrected chi connectivity index (χ1v) is 14.5. The Morgan fingerprint density at radius 3 is 2.43 bits per heavy atom. The summed E-state index contributed by atoms with van der Waals surface area (Å²) in [6.07, 6.45) is 0.325. The van der Waals surface area contributed by atoms with Gasteiger partial charge in [0.15, 0.2) is 0 Å². The van der Waals surface area contributed by atoms with Crippen molar-refractivity contribution in [1.29, 1.82) is 0 Å². The smallest absolute Gasteiger partial charge is 0.409 e. The Kier molecular flexibility index (Phi) is 12.8. The molecule has 1 heterocycles. The monoisotopic (exact) mass is 633 g/mol. The third-order valence-corrected chi connectivity index (χ3v) is 7.38. The van der Waals surface area contributed by atoms with Crippen LogP contribution >= 0.6 is 0 Å². The van der Waals surface area contributed by atoms with Gasteiger partial charge in [-0.05, 0) is 78.4 Å². The Hall–Kier alpha value is -5.26. The van der Waals surface area contributed by atoms with E-state index in [1.54, 1.807) is 12.1 Å². The van der Waals surface area contributed by atoms with Gasteiger partial charge in [-0.1, -0.05) is 60.7 Å². The molecule has 0 saturated carbocycles. The highest BCUT2D eigenvalue weighted by Crippen LogP contribution is 2.30. The molecule has 9 nitrogen and oxygen atoms in total.